The van der Waals surface area contributed by atoms with Gasteiger partial charge in [-0.3, -0.25) is 0 Å². The van der Waals surface area contributed by atoms with Crippen molar-refractivity contribution in [3.05, 3.63) is 83.2 Å². The van der Waals surface area contributed by atoms with Crippen LogP contribution in [-0.4, -0.2) is 11.7 Å². The highest BCUT2D eigenvalue weighted by atomic mass is 19.2. The maximum absolute atomic E-state index is 14.0. The van der Waals surface area contributed by atoms with Gasteiger partial charge in [-0.05, 0) is 42.3 Å². The summed E-state index contributed by atoms with van der Waals surface area (Å²) in [6.45, 7) is 1.44. The van der Waals surface area contributed by atoms with E-state index in [9.17, 15) is 13.2 Å². The van der Waals surface area contributed by atoms with Crippen molar-refractivity contribution in [2.45, 2.75) is 20.1 Å². The summed E-state index contributed by atoms with van der Waals surface area (Å²) < 4.78 is 52.4. The van der Waals surface area contributed by atoms with Crippen molar-refractivity contribution < 1.29 is 27.8 Å². The molecule has 0 aromatic heterocycles. The summed E-state index contributed by atoms with van der Waals surface area (Å²) in [5.74, 6) is -1.89. The Labute approximate surface area is 161 Å². The van der Waals surface area contributed by atoms with E-state index in [4.69, 9.17) is 14.6 Å². The third-order valence-electron chi connectivity index (χ3n) is 4.23. The maximum atomic E-state index is 14.0. The van der Waals surface area contributed by atoms with Crippen LogP contribution in [0.1, 0.15) is 18.1 Å². The molecule has 3 rings (SSSR count). The number of rotatable bonds is 7. The number of aliphatic hydroxyl groups excluding tert-OH is 1. The van der Waals surface area contributed by atoms with E-state index in [1.54, 1.807) is 43.3 Å². The number of hydrogen-bond donors (Lipinski definition) is 1. The van der Waals surface area contributed by atoms with Crippen LogP contribution in [0.25, 0.3) is 11.1 Å². The Hall–Kier alpha value is -2.99. The van der Waals surface area contributed by atoms with Crippen LogP contribution in [0.2, 0.25) is 0 Å². The average Bonchev–Trinajstić information content (AvgIpc) is 2.71. The second kappa shape index (κ2) is 8.80. The van der Waals surface area contributed by atoms with Gasteiger partial charge in [0.15, 0.2) is 23.2 Å². The van der Waals surface area contributed by atoms with E-state index in [0.717, 1.165) is 5.56 Å². The highest BCUT2D eigenvalue weighted by Crippen LogP contribution is 2.27. The molecule has 3 aromatic rings. The number of ether oxygens (including phenoxy) is 2. The van der Waals surface area contributed by atoms with Crippen LogP contribution in [-0.2, 0) is 13.2 Å². The molecule has 0 atom stereocenters. The van der Waals surface area contributed by atoms with Crippen molar-refractivity contribution in [1.82, 2.24) is 0 Å². The molecule has 3 aromatic carbocycles. The van der Waals surface area contributed by atoms with Gasteiger partial charge in [0.2, 0.25) is 0 Å². The van der Waals surface area contributed by atoms with E-state index in [1.165, 1.54) is 18.2 Å². The third-order valence-corrected chi connectivity index (χ3v) is 4.23. The normalized spacial score (nSPS) is 10.8. The summed E-state index contributed by atoms with van der Waals surface area (Å²) in [6, 6.07) is 14.2. The average molecular weight is 388 g/mol. The second-order valence-corrected chi connectivity index (χ2v) is 6.06. The zero-order chi connectivity index (χ0) is 20.1. The molecule has 3 nitrogen and oxygen atoms in total. The molecule has 0 aliphatic rings. The first-order valence-electron chi connectivity index (χ1n) is 8.75. The minimum Gasteiger partial charge on any atom is -0.491 e. The predicted octanol–water partition coefficient (Wildman–Crippen LogP) is 5.24. The molecule has 0 spiro atoms. The molecule has 1 N–H and O–H groups in total. The lowest BCUT2D eigenvalue weighted by atomic mass is 10.1. The molecule has 0 aliphatic heterocycles. The van der Waals surface area contributed by atoms with E-state index in [0.29, 0.717) is 17.9 Å². The number of halogens is 3. The summed E-state index contributed by atoms with van der Waals surface area (Å²) in [5.41, 5.74) is 1.40. The van der Waals surface area contributed by atoms with E-state index < -0.39 is 24.1 Å². The van der Waals surface area contributed by atoms with Gasteiger partial charge in [-0.2, -0.15) is 0 Å². The minimum atomic E-state index is -1.07. The van der Waals surface area contributed by atoms with Crippen LogP contribution in [0.4, 0.5) is 13.2 Å². The van der Waals surface area contributed by atoms with Crippen LogP contribution in [0.3, 0.4) is 0 Å². The molecule has 0 bridgehead atoms. The van der Waals surface area contributed by atoms with E-state index >= 15 is 0 Å². The van der Waals surface area contributed by atoms with Crippen molar-refractivity contribution in [1.29, 1.82) is 0 Å². The maximum Gasteiger partial charge on any atom is 0.165 e. The molecular formula is C22H19F3O3. The van der Waals surface area contributed by atoms with Gasteiger partial charge >= 0.3 is 0 Å². The Morgan fingerprint density at radius 3 is 2.07 bits per heavy atom. The van der Waals surface area contributed by atoms with Crippen LogP contribution in [0, 0.1) is 17.5 Å². The second-order valence-electron chi connectivity index (χ2n) is 6.06. The van der Waals surface area contributed by atoms with Gasteiger partial charge < -0.3 is 14.6 Å². The fraction of sp³-hybridized carbons (Fsp3) is 0.182. The smallest absolute Gasteiger partial charge is 0.165 e. The Morgan fingerprint density at radius 2 is 1.43 bits per heavy atom. The van der Waals surface area contributed by atoms with Crippen molar-refractivity contribution in [3.8, 4) is 22.6 Å². The zero-order valence-corrected chi connectivity index (χ0v) is 15.2. The van der Waals surface area contributed by atoms with E-state index in [-0.39, 0.29) is 23.5 Å². The van der Waals surface area contributed by atoms with Gasteiger partial charge in [-0.25, -0.2) is 13.2 Å². The van der Waals surface area contributed by atoms with Gasteiger partial charge in [-0.1, -0.05) is 30.3 Å². The van der Waals surface area contributed by atoms with Crippen LogP contribution in [0.15, 0.2) is 54.6 Å². The quantitative estimate of drug-likeness (QED) is 0.602. The van der Waals surface area contributed by atoms with Crippen molar-refractivity contribution in [2.75, 3.05) is 6.61 Å². The molecule has 0 radical (unpaired) electrons. The molecule has 28 heavy (non-hydrogen) atoms. The standard InChI is InChI=1S/C22H19F3O3/c1-2-27-20-10-7-15(11-19(20)23)14-5-8-18(9-6-14)28-13-17-4-3-16(12-26)21(24)22(17)25/h3-11,26H,2,12-13H2,1H3. The number of benzene rings is 3. The summed E-state index contributed by atoms with van der Waals surface area (Å²) >= 11 is 0. The lowest BCUT2D eigenvalue weighted by Crippen LogP contribution is -2.03. The van der Waals surface area contributed by atoms with E-state index in [2.05, 4.69) is 0 Å². The summed E-state index contributed by atoms with van der Waals surface area (Å²) in [7, 11) is 0. The Morgan fingerprint density at radius 1 is 0.786 bits per heavy atom. The molecule has 0 saturated carbocycles. The van der Waals surface area contributed by atoms with Crippen molar-refractivity contribution in [2.24, 2.45) is 0 Å². The van der Waals surface area contributed by atoms with Crippen LogP contribution < -0.4 is 9.47 Å². The van der Waals surface area contributed by atoms with Crippen LogP contribution >= 0.6 is 0 Å². The summed E-state index contributed by atoms with van der Waals surface area (Å²) in [5, 5.41) is 8.95. The highest BCUT2D eigenvalue weighted by Gasteiger charge is 2.13. The van der Waals surface area contributed by atoms with Crippen molar-refractivity contribution in [3.63, 3.8) is 0 Å². The Bertz CT molecular complexity index is 956. The SMILES string of the molecule is CCOc1ccc(-c2ccc(OCc3ccc(CO)c(F)c3F)cc2)cc1F. The number of hydrogen-bond acceptors (Lipinski definition) is 3. The van der Waals surface area contributed by atoms with E-state index in [1.807, 2.05) is 0 Å². The minimum absolute atomic E-state index is 0.0485. The predicted molar refractivity (Wildman–Crippen MR) is 99.6 cm³/mol. The highest BCUT2D eigenvalue weighted by molar-refractivity contribution is 5.65. The van der Waals surface area contributed by atoms with Gasteiger partial charge in [0.1, 0.15) is 12.4 Å². The van der Waals surface area contributed by atoms with Gasteiger partial charge in [0.05, 0.1) is 13.2 Å². The summed E-state index contributed by atoms with van der Waals surface area (Å²) in [4.78, 5) is 0. The van der Waals surface area contributed by atoms with Crippen LogP contribution in [0.5, 0.6) is 11.5 Å². The first-order chi connectivity index (χ1) is 13.5. The van der Waals surface area contributed by atoms with Gasteiger partial charge in [-0.15, -0.1) is 0 Å². The molecule has 6 heteroatoms. The molecule has 0 heterocycles. The van der Waals surface area contributed by atoms with Crippen molar-refractivity contribution >= 4 is 0 Å². The third kappa shape index (κ3) is 4.28. The largest absolute Gasteiger partial charge is 0.491 e. The first kappa shape index (κ1) is 19.8. The molecule has 146 valence electrons. The molecule has 0 unspecified atom stereocenters. The molecule has 0 amide bonds. The topological polar surface area (TPSA) is 38.7 Å². The Kier molecular flexibility index (Phi) is 6.21. The summed E-state index contributed by atoms with van der Waals surface area (Å²) in [6.07, 6.45) is 0. The fourth-order valence-corrected chi connectivity index (χ4v) is 2.72. The molecule has 0 aliphatic carbocycles. The van der Waals surface area contributed by atoms with Gasteiger partial charge in [0, 0.05) is 11.1 Å². The fourth-order valence-electron chi connectivity index (χ4n) is 2.72. The lowest BCUT2D eigenvalue weighted by Gasteiger charge is -2.10. The van der Waals surface area contributed by atoms with Gasteiger partial charge in [0.25, 0.3) is 0 Å². The Balaban J connectivity index is 1.70. The lowest BCUT2D eigenvalue weighted by molar-refractivity contribution is 0.270. The monoisotopic (exact) mass is 388 g/mol. The molecule has 0 fully saturated rings. The first-order valence-corrected chi connectivity index (χ1v) is 8.75. The molecular weight excluding hydrogens is 369 g/mol. The number of aliphatic hydroxyl groups is 1. The molecule has 0 saturated heterocycles. The zero-order valence-electron chi connectivity index (χ0n) is 15.2.